The van der Waals surface area contributed by atoms with Gasteiger partial charge in [0.2, 0.25) is 0 Å². The molecule has 1 aliphatic carbocycles. The third-order valence-electron chi connectivity index (χ3n) is 6.02. The SMILES string of the molecule is Cc1ccc(NC(=O)OCC2c3ccccc3-c3ccccc32)c(C(=O)N[C@H](CCO)C(=O)O)c1. The second-order valence-electron chi connectivity index (χ2n) is 8.38. The standard InChI is InChI=1S/C27H26N2O6/c1-16-10-11-23(21(14-16)25(31)28-24(12-13-30)26(32)33)29-27(34)35-15-22-19-8-4-2-6-17(19)18-7-3-5-9-20(18)22/h2-11,14,22,24,30H,12-13,15H2,1H3,(H,28,31)(H,29,34)(H,32,33)/t24-/m1/s1. The summed E-state index contributed by atoms with van der Waals surface area (Å²) in [7, 11) is 0. The van der Waals surface area contributed by atoms with Gasteiger partial charge in [0.15, 0.2) is 0 Å². The Hall–Kier alpha value is -4.17. The van der Waals surface area contributed by atoms with Crippen LogP contribution in [0, 0.1) is 6.92 Å². The molecule has 0 saturated heterocycles. The Morgan fingerprint density at radius 1 is 0.971 bits per heavy atom. The predicted octanol–water partition coefficient (Wildman–Crippen LogP) is 3.92. The van der Waals surface area contributed by atoms with Crippen LogP contribution >= 0.6 is 0 Å². The van der Waals surface area contributed by atoms with Crippen molar-refractivity contribution in [1.29, 1.82) is 0 Å². The minimum absolute atomic E-state index is 0.0997. The van der Waals surface area contributed by atoms with E-state index in [0.29, 0.717) is 0 Å². The van der Waals surface area contributed by atoms with Crippen LogP contribution in [0.15, 0.2) is 66.7 Å². The van der Waals surface area contributed by atoms with Crippen molar-refractivity contribution in [2.45, 2.75) is 25.3 Å². The second-order valence-corrected chi connectivity index (χ2v) is 8.38. The first-order chi connectivity index (χ1) is 16.9. The summed E-state index contributed by atoms with van der Waals surface area (Å²) in [6.45, 7) is 1.50. The van der Waals surface area contributed by atoms with Crippen molar-refractivity contribution in [2.24, 2.45) is 0 Å². The van der Waals surface area contributed by atoms with Crippen LogP contribution in [0.1, 0.15) is 39.4 Å². The average Bonchev–Trinajstić information content (AvgIpc) is 3.17. The number of aliphatic hydroxyl groups excluding tert-OH is 1. The summed E-state index contributed by atoms with van der Waals surface area (Å²) >= 11 is 0. The highest BCUT2D eigenvalue weighted by molar-refractivity contribution is 6.04. The monoisotopic (exact) mass is 474 g/mol. The lowest BCUT2D eigenvalue weighted by molar-refractivity contribution is -0.139. The second kappa shape index (κ2) is 10.4. The quantitative estimate of drug-likeness (QED) is 0.392. The summed E-state index contributed by atoms with van der Waals surface area (Å²) in [6, 6.07) is 19.6. The first-order valence-corrected chi connectivity index (χ1v) is 11.3. The molecule has 1 aliphatic rings. The van der Waals surface area contributed by atoms with Crippen LogP contribution in [0.4, 0.5) is 10.5 Å². The number of hydrogen-bond donors (Lipinski definition) is 4. The Morgan fingerprint density at radius 3 is 2.20 bits per heavy atom. The van der Waals surface area contributed by atoms with Crippen molar-refractivity contribution in [1.82, 2.24) is 5.32 Å². The maximum Gasteiger partial charge on any atom is 0.411 e. The van der Waals surface area contributed by atoms with E-state index in [4.69, 9.17) is 9.84 Å². The molecule has 3 aromatic rings. The Balaban J connectivity index is 1.48. The van der Waals surface area contributed by atoms with Gasteiger partial charge in [0, 0.05) is 18.9 Å². The van der Waals surface area contributed by atoms with Gasteiger partial charge in [-0.25, -0.2) is 9.59 Å². The zero-order valence-corrected chi connectivity index (χ0v) is 19.2. The molecular weight excluding hydrogens is 448 g/mol. The van der Waals surface area contributed by atoms with Crippen LogP contribution in [0.5, 0.6) is 0 Å². The lowest BCUT2D eigenvalue weighted by atomic mass is 9.98. The highest BCUT2D eigenvalue weighted by atomic mass is 16.5. The van der Waals surface area contributed by atoms with Gasteiger partial charge in [-0.05, 0) is 41.3 Å². The van der Waals surface area contributed by atoms with Crippen molar-refractivity contribution in [3.63, 3.8) is 0 Å². The molecule has 35 heavy (non-hydrogen) atoms. The molecule has 1 atom stereocenters. The van der Waals surface area contributed by atoms with E-state index >= 15 is 0 Å². The summed E-state index contributed by atoms with van der Waals surface area (Å²) in [5.74, 6) is -2.04. The summed E-state index contributed by atoms with van der Waals surface area (Å²) < 4.78 is 5.56. The highest BCUT2D eigenvalue weighted by Gasteiger charge is 2.29. The zero-order chi connectivity index (χ0) is 24.9. The Labute approximate surface area is 202 Å². The first kappa shape index (κ1) is 24.0. The van der Waals surface area contributed by atoms with Crippen molar-refractivity contribution >= 4 is 23.7 Å². The Morgan fingerprint density at radius 2 is 1.60 bits per heavy atom. The molecule has 2 amide bonds. The number of rotatable bonds is 8. The molecule has 4 rings (SSSR count). The lowest BCUT2D eigenvalue weighted by Crippen LogP contribution is -2.41. The molecule has 0 radical (unpaired) electrons. The van der Waals surface area contributed by atoms with E-state index in [1.807, 2.05) is 48.5 Å². The molecule has 0 bridgehead atoms. The van der Waals surface area contributed by atoms with Crippen molar-refractivity contribution in [2.75, 3.05) is 18.5 Å². The fourth-order valence-electron chi connectivity index (χ4n) is 4.32. The number of aryl methyl sites for hydroxylation is 1. The summed E-state index contributed by atoms with van der Waals surface area (Å²) in [4.78, 5) is 36.8. The number of anilines is 1. The minimum atomic E-state index is -1.26. The first-order valence-electron chi connectivity index (χ1n) is 11.3. The van der Waals surface area contributed by atoms with Gasteiger partial charge in [0.25, 0.3) is 5.91 Å². The number of amides is 2. The van der Waals surface area contributed by atoms with Crippen molar-refractivity contribution in [3.8, 4) is 11.1 Å². The number of hydrogen-bond acceptors (Lipinski definition) is 5. The zero-order valence-electron chi connectivity index (χ0n) is 19.2. The third-order valence-corrected chi connectivity index (χ3v) is 6.02. The smallest absolute Gasteiger partial charge is 0.411 e. The van der Waals surface area contributed by atoms with E-state index in [1.165, 1.54) is 0 Å². The molecule has 0 unspecified atom stereocenters. The molecular formula is C27H26N2O6. The van der Waals surface area contributed by atoms with E-state index in [9.17, 15) is 19.5 Å². The van der Waals surface area contributed by atoms with Gasteiger partial charge < -0.3 is 20.3 Å². The molecule has 0 aromatic heterocycles. The van der Waals surface area contributed by atoms with Crippen LogP contribution in [-0.2, 0) is 9.53 Å². The largest absolute Gasteiger partial charge is 0.480 e. The Kier molecular flexibility index (Phi) is 7.12. The number of carboxylic acids is 1. The number of aliphatic hydroxyl groups is 1. The topological polar surface area (TPSA) is 125 Å². The van der Waals surface area contributed by atoms with Crippen LogP contribution < -0.4 is 10.6 Å². The number of carbonyl (C=O) groups is 3. The predicted molar refractivity (Wildman–Crippen MR) is 130 cm³/mol. The molecule has 8 nitrogen and oxygen atoms in total. The third kappa shape index (κ3) is 5.17. The number of carbonyl (C=O) groups excluding carboxylic acids is 2. The molecule has 0 heterocycles. The van der Waals surface area contributed by atoms with Crippen molar-refractivity contribution in [3.05, 3.63) is 89.0 Å². The van der Waals surface area contributed by atoms with Gasteiger partial charge in [0.1, 0.15) is 12.6 Å². The van der Waals surface area contributed by atoms with E-state index in [0.717, 1.165) is 27.8 Å². The fraction of sp³-hybridized carbons (Fsp3) is 0.222. The fourth-order valence-corrected chi connectivity index (χ4v) is 4.32. The summed E-state index contributed by atoms with van der Waals surface area (Å²) in [5.41, 5.74) is 5.44. The number of carboxylic acid groups (broad SMARTS) is 1. The maximum absolute atomic E-state index is 12.8. The molecule has 8 heteroatoms. The average molecular weight is 475 g/mol. The molecule has 3 aromatic carbocycles. The number of fused-ring (bicyclic) bond motifs is 3. The molecule has 0 aliphatic heterocycles. The van der Waals surface area contributed by atoms with E-state index in [-0.39, 0.29) is 30.2 Å². The van der Waals surface area contributed by atoms with Crippen LogP contribution in [-0.4, -0.2) is 47.4 Å². The van der Waals surface area contributed by atoms with E-state index in [1.54, 1.807) is 25.1 Å². The molecule has 0 spiro atoms. The normalized spacial score (nSPS) is 12.9. The summed E-state index contributed by atoms with van der Waals surface area (Å²) in [5, 5.41) is 23.3. The molecule has 0 saturated carbocycles. The summed E-state index contributed by atoms with van der Waals surface area (Å²) in [6.07, 6.45) is -0.864. The Bertz CT molecular complexity index is 1230. The van der Waals surface area contributed by atoms with Crippen LogP contribution in [0.25, 0.3) is 11.1 Å². The van der Waals surface area contributed by atoms with Gasteiger partial charge in [-0.15, -0.1) is 0 Å². The number of nitrogens with one attached hydrogen (secondary N) is 2. The molecule has 0 fully saturated rings. The van der Waals surface area contributed by atoms with Gasteiger partial charge in [0.05, 0.1) is 11.3 Å². The van der Waals surface area contributed by atoms with Crippen LogP contribution in [0.2, 0.25) is 0 Å². The number of aliphatic carboxylic acids is 1. The molecule has 180 valence electrons. The number of ether oxygens (including phenoxy) is 1. The van der Waals surface area contributed by atoms with Gasteiger partial charge in [-0.2, -0.15) is 0 Å². The van der Waals surface area contributed by atoms with Gasteiger partial charge >= 0.3 is 12.1 Å². The van der Waals surface area contributed by atoms with Gasteiger partial charge in [-0.3, -0.25) is 10.1 Å². The van der Waals surface area contributed by atoms with E-state index < -0.39 is 30.6 Å². The maximum atomic E-state index is 12.8. The van der Waals surface area contributed by atoms with Gasteiger partial charge in [-0.1, -0.05) is 60.2 Å². The lowest BCUT2D eigenvalue weighted by Gasteiger charge is -2.17. The van der Waals surface area contributed by atoms with Crippen molar-refractivity contribution < 1.29 is 29.3 Å². The van der Waals surface area contributed by atoms with E-state index in [2.05, 4.69) is 10.6 Å². The highest BCUT2D eigenvalue weighted by Crippen LogP contribution is 2.44. The minimum Gasteiger partial charge on any atom is -0.480 e. The van der Waals surface area contributed by atoms with Crippen LogP contribution in [0.3, 0.4) is 0 Å². The number of benzene rings is 3. The molecule has 4 N–H and O–H groups in total.